The number of rotatable bonds is 6. The summed E-state index contributed by atoms with van der Waals surface area (Å²) in [6, 6.07) is 7.48. The lowest BCUT2D eigenvalue weighted by atomic mass is 10.1. The minimum atomic E-state index is -0.589. The molecule has 5 nitrogen and oxygen atoms in total. The molecule has 4 N–H and O–H groups in total. The molecule has 1 heterocycles. The Bertz CT molecular complexity index is 666. The van der Waals surface area contributed by atoms with Gasteiger partial charge in [-0.05, 0) is 28.3 Å². The number of nitrogens with two attached hydrogens (primary N) is 1. The standard InChI is InChI=1S/C16H21N3O2S/c1-10(2)15(17)16(21)19-8-14(20)18-7-11-9-22-13-6-4-3-5-12(11)13/h3-6,9-10,15H,7-8,17H2,1-2H3,(H,18,20)(H,19,21)/t15-/m0/s1. The number of fused-ring (bicyclic) bond motifs is 1. The first kappa shape index (κ1) is 16.5. The molecular weight excluding hydrogens is 298 g/mol. The quantitative estimate of drug-likeness (QED) is 0.756. The zero-order valence-electron chi connectivity index (χ0n) is 12.8. The number of carbonyl (C=O) groups excluding carboxylic acids is 2. The van der Waals surface area contributed by atoms with Gasteiger partial charge in [-0.25, -0.2) is 0 Å². The summed E-state index contributed by atoms with van der Waals surface area (Å²) in [5.41, 5.74) is 6.80. The van der Waals surface area contributed by atoms with Crippen molar-refractivity contribution < 1.29 is 9.59 Å². The number of nitrogens with one attached hydrogen (secondary N) is 2. The second-order valence-electron chi connectivity index (χ2n) is 5.52. The molecule has 6 heteroatoms. The topological polar surface area (TPSA) is 84.2 Å². The van der Waals surface area contributed by atoms with E-state index >= 15 is 0 Å². The summed E-state index contributed by atoms with van der Waals surface area (Å²) in [6.45, 7) is 4.13. The van der Waals surface area contributed by atoms with E-state index in [1.165, 1.54) is 4.70 Å². The van der Waals surface area contributed by atoms with Gasteiger partial charge in [0, 0.05) is 11.2 Å². The third-order valence-corrected chi connectivity index (χ3v) is 4.49. The second-order valence-corrected chi connectivity index (χ2v) is 6.43. The number of hydrogen-bond donors (Lipinski definition) is 3. The fourth-order valence-electron chi connectivity index (χ4n) is 2.01. The lowest BCUT2D eigenvalue weighted by Crippen LogP contribution is -2.47. The molecule has 2 rings (SSSR count). The van der Waals surface area contributed by atoms with Crippen LogP contribution in [0.25, 0.3) is 10.1 Å². The van der Waals surface area contributed by atoms with Gasteiger partial charge in [-0.15, -0.1) is 11.3 Å². The predicted molar refractivity (Wildman–Crippen MR) is 89.5 cm³/mol. The van der Waals surface area contributed by atoms with Crippen molar-refractivity contribution in [1.29, 1.82) is 0 Å². The number of thiophene rings is 1. The Labute approximate surface area is 133 Å². The fourth-order valence-corrected chi connectivity index (χ4v) is 2.98. The smallest absolute Gasteiger partial charge is 0.239 e. The summed E-state index contributed by atoms with van der Waals surface area (Å²) >= 11 is 1.65. The minimum absolute atomic E-state index is 0.0419. The van der Waals surface area contributed by atoms with Gasteiger partial charge in [0.1, 0.15) is 0 Å². The van der Waals surface area contributed by atoms with Crippen molar-refractivity contribution in [1.82, 2.24) is 10.6 Å². The van der Waals surface area contributed by atoms with E-state index in [0.717, 1.165) is 10.9 Å². The third kappa shape index (κ3) is 4.05. The van der Waals surface area contributed by atoms with Crippen LogP contribution in [0.5, 0.6) is 0 Å². The van der Waals surface area contributed by atoms with Crippen LogP contribution in [-0.2, 0) is 16.1 Å². The van der Waals surface area contributed by atoms with E-state index in [0.29, 0.717) is 6.54 Å². The molecule has 0 fully saturated rings. The average molecular weight is 319 g/mol. The van der Waals surface area contributed by atoms with Crippen molar-refractivity contribution in [2.45, 2.75) is 26.4 Å². The van der Waals surface area contributed by atoms with Crippen molar-refractivity contribution >= 4 is 33.2 Å². The zero-order valence-corrected chi connectivity index (χ0v) is 13.6. The molecule has 0 unspecified atom stereocenters. The fraction of sp³-hybridized carbons (Fsp3) is 0.375. The third-order valence-electron chi connectivity index (χ3n) is 3.48. The van der Waals surface area contributed by atoms with E-state index in [2.05, 4.69) is 16.7 Å². The highest BCUT2D eigenvalue weighted by Crippen LogP contribution is 2.25. The molecule has 0 aliphatic carbocycles. The first-order valence-corrected chi connectivity index (χ1v) is 8.12. The van der Waals surface area contributed by atoms with Crippen molar-refractivity contribution in [3.63, 3.8) is 0 Å². The first-order chi connectivity index (χ1) is 10.5. The van der Waals surface area contributed by atoms with Crippen LogP contribution >= 0.6 is 11.3 Å². The monoisotopic (exact) mass is 319 g/mol. The molecule has 1 aromatic heterocycles. The van der Waals surface area contributed by atoms with Gasteiger partial charge in [-0.1, -0.05) is 32.0 Å². The van der Waals surface area contributed by atoms with Crippen LogP contribution in [-0.4, -0.2) is 24.4 Å². The van der Waals surface area contributed by atoms with Crippen LogP contribution in [0, 0.1) is 5.92 Å². The largest absolute Gasteiger partial charge is 0.350 e. The molecule has 2 aromatic rings. The maximum atomic E-state index is 11.8. The highest BCUT2D eigenvalue weighted by atomic mass is 32.1. The van der Waals surface area contributed by atoms with Gasteiger partial charge in [0.25, 0.3) is 0 Å². The average Bonchev–Trinajstić information content (AvgIpc) is 2.93. The Morgan fingerprint density at radius 1 is 1.23 bits per heavy atom. The molecule has 0 saturated carbocycles. The highest BCUT2D eigenvalue weighted by Gasteiger charge is 2.17. The van der Waals surface area contributed by atoms with E-state index in [4.69, 9.17) is 5.73 Å². The predicted octanol–water partition coefficient (Wildman–Crippen LogP) is 1.62. The van der Waals surface area contributed by atoms with Gasteiger partial charge in [0.2, 0.25) is 11.8 Å². The molecule has 0 radical (unpaired) electrons. The van der Waals surface area contributed by atoms with E-state index < -0.39 is 6.04 Å². The van der Waals surface area contributed by atoms with Gasteiger partial charge in [0.05, 0.1) is 12.6 Å². The van der Waals surface area contributed by atoms with Crippen molar-refractivity contribution in [2.24, 2.45) is 11.7 Å². The van der Waals surface area contributed by atoms with Crippen LogP contribution < -0.4 is 16.4 Å². The van der Waals surface area contributed by atoms with E-state index in [-0.39, 0.29) is 24.3 Å². The maximum absolute atomic E-state index is 11.8. The lowest BCUT2D eigenvalue weighted by Gasteiger charge is -2.15. The Morgan fingerprint density at radius 3 is 2.68 bits per heavy atom. The summed E-state index contributed by atoms with van der Waals surface area (Å²) in [7, 11) is 0. The number of amides is 2. The van der Waals surface area contributed by atoms with Gasteiger partial charge in [0.15, 0.2) is 0 Å². The van der Waals surface area contributed by atoms with Crippen LogP contribution in [0.3, 0.4) is 0 Å². The molecule has 0 saturated heterocycles. The normalized spacial score (nSPS) is 12.4. The van der Waals surface area contributed by atoms with Crippen LogP contribution in [0.2, 0.25) is 0 Å². The van der Waals surface area contributed by atoms with Crippen LogP contribution in [0.15, 0.2) is 29.6 Å². The van der Waals surface area contributed by atoms with Crippen molar-refractivity contribution in [2.75, 3.05) is 6.54 Å². The highest BCUT2D eigenvalue weighted by molar-refractivity contribution is 7.17. The number of benzene rings is 1. The Balaban J connectivity index is 1.82. The van der Waals surface area contributed by atoms with Gasteiger partial charge in [-0.3, -0.25) is 9.59 Å². The van der Waals surface area contributed by atoms with Crippen molar-refractivity contribution in [3.8, 4) is 0 Å². The van der Waals surface area contributed by atoms with Gasteiger partial charge in [-0.2, -0.15) is 0 Å². The number of hydrogen-bond acceptors (Lipinski definition) is 4. The minimum Gasteiger partial charge on any atom is -0.350 e. The Kier molecular flexibility index (Phi) is 5.51. The summed E-state index contributed by atoms with van der Waals surface area (Å²) in [6.07, 6.45) is 0. The lowest BCUT2D eigenvalue weighted by molar-refractivity contribution is -0.127. The molecule has 0 bridgehead atoms. The molecule has 1 atom stereocenters. The molecule has 118 valence electrons. The van der Waals surface area contributed by atoms with Gasteiger partial charge >= 0.3 is 0 Å². The molecule has 2 amide bonds. The SMILES string of the molecule is CC(C)[C@H](N)C(=O)NCC(=O)NCc1csc2ccccc12. The molecule has 0 aliphatic heterocycles. The van der Waals surface area contributed by atoms with E-state index in [1.807, 2.05) is 37.4 Å². The maximum Gasteiger partial charge on any atom is 0.239 e. The molecular formula is C16H21N3O2S. The molecule has 1 aromatic carbocycles. The molecule has 0 spiro atoms. The van der Waals surface area contributed by atoms with Crippen molar-refractivity contribution in [3.05, 3.63) is 35.2 Å². The summed E-state index contributed by atoms with van der Waals surface area (Å²) in [5, 5.41) is 8.56. The number of carbonyl (C=O) groups is 2. The summed E-state index contributed by atoms with van der Waals surface area (Å²) in [5.74, 6) is -0.481. The Hall–Kier alpha value is -1.92. The Morgan fingerprint density at radius 2 is 1.95 bits per heavy atom. The van der Waals surface area contributed by atoms with Crippen LogP contribution in [0.4, 0.5) is 0 Å². The molecule has 22 heavy (non-hydrogen) atoms. The van der Waals surface area contributed by atoms with E-state index in [9.17, 15) is 9.59 Å². The second kappa shape index (κ2) is 7.38. The van der Waals surface area contributed by atoms with Crippen LogP contribution in [0.1, 0.15) is 19.4 Å². The van der Waals surface area contributed by atoms with Gasteiger partial charge < -0.3 is 16.4 Å². The molecule has 0 aliphatic rings. The summed E-state index contributed by atoms with van der Waals surface area (Å²) in [4.78, 5) is 23.5. The zero-order chi connectivity index (χ0) is 16.1. The summed E-state index contributed by atoms with van der Waals surface area (Å²) < 4.78 is 1.20. The van der Waals surface area contributed by atoms with E-state index in [1.54, 1.807) is 11.3 Å². The first-order valence-electron chi connectivity index (χ1n) is 7.24.